The molecule has 0 spiro atoms. The van der Waals surface area contributed by atoms with E-state index in [1.54, 1.807) is 25.9 Å². The van der Waals surface area contributed by atoms with Crippen LogP contribution in [0, 0.1) is 13.8 Å². The zero-order chi connectivity index (χ0) is 17.0. The van der Waals surface area contributed by atoms with E-state index in [1.165, 1.54) is 0 Å². The average molecular weight is 344 g/mol. The first-order valence-corrected chi connectivity index (χ1v) is 9.14. The first-order chi connectivity index (χ1) is 10.8. The molecule has 8 nitrogen and oxygen atoms in total. The van der Waals surface area contributed by atoms with Gasteiger partial charge in [0.2, 0.25) is 15.9 Å². The van der Waals surface area contributed by atoms with Gasteiger partial charge in [0.1, 0.15) is 4.90 Å². The van der Waals surface area contributed by atoms with Crippen LogP contribution in [0.4, 0.5) is 0 Å². The fourth-order valence-electron chi connectivity index (χ4n) is 2.81. The van der Waals surface area contributed by atoms with Crippen LogP contribution < -0.4 is 4.72 Å². The summed E-state index contributed by atoms with van der Waals surface area (Å²) in [5.41, 5.74) is 0.990. The summed E-state index contributed by atoms with van der Waals surface area (Å²) in [7, 11) is -2.03. The molecule has 1 fully saturated rings. The second-order valence-corrected chi connectivity index (χ2v) is 7.43. The van der Waals surface area contributed by atoms with E-state index in [9.17, 15) is 13.2 Å². The predicted octanol–water partition coefficient (Wildman–Crippen LogP) is 0.332. The summed E-state index contributed by atoms with van der Waals surface area (Å²) in [6, 6.07) is -0.167. The third kappa shape index (κ3) is 4.30. The first kappa shape index (κ1) is 17.9. The first-order valence-electron chi connectivity index (χ1n) is 7.65. The average Bonchev–Trinajstić information content (AvgIpc) is 2.85. The number of sulfonamides is 1. The molecule has 1 amide bonds. The molecule has 23 heavy (non-hydrogen) atoms. The number of aromatic nitrogens is 2. The molecule has 0 saturated carbocycles. The number of rotatable bonds is 6. The highest BCUT2D eigenvalue weighted by molar-refractivity contribution is 7.89. The summed E-state index contributed by atoms with van der Waals surface area (Å²) in [5.74, 6) is 0.0506. The number of hydrogen-bond acceptors (Lipinski definition) is 5. The molecular formula is C14H24N4O4S. The van der Waals surface area contributed by atoms with Gasteiger partial charge in [0.05, 0.1) is 24.4 Å². The van der Waals surface area contributed by atoms with Gasteiger partial charge < -0.3 is 9.64 Å². The summed E-state index contributed by atoms with van der Waals surface area (Å²) < 4.78 is 32.6. The highest BCUT2D eigenvalue weighted by atomic mass is 32.2. The molecule has 1 saturated heterocycles. The van der Waals surface area contributed by atoms with Crippen molar-refractivity contribution < 1.29 is 17.9 Å². The molecule has 130 valence electrons. The lowest BCUT2D eigenvalue weighted by Gasteiger charge is -2.32. The minimum Gasteiger partial charge on any atom is -0.384 e. The van der Waals surface area contributed by atoms with Crippen molar-refractivity contribution in [2.45, 2.75) is 44.0 Å². The maximum Gasteiger partial charge on any atom is 0.244 e. The largest absolute Gasteiger partial charge is 0.384 e. The zero-order valence-corrected chi connectivity index (χ0v) is 14.6. The number of methoxy groups -OCH3 is 1. The second-order valence-electron chi connectivity index (χ2n) is 5.78. The van der Waals surface area contributed by atoms with Crippen LogP contribution in [0.2, 0.25) is 0 Å². The lowest BCUT2D eigenvalue weighted by Crippen LogP contribution is -2.46. The second kappa shape index (κ2) is 7.41. The monoisotopic (exact) mass is 344 g/mol. The minimum absolute atomic E-state index is 0.0506. The maximum absolute atomic E-state index is 12.5. The summed E-state index contributed by atoms with van der Waals surface area (Å²) in [6.07, 6.45) is 1.57. The van der Waals surface area contributed by atoms with Gasteiger partial charge in [-0.3, -0.25) is 9.89 Å². The zero-order valence-electron chi connectivity index (χ0n) is 13.8. The van der Waals surface area contributed by atoms with Crippen LogP contribution in [0.15, 0.2) is 4.90 Å². The molecule has 1 aromatic rings. The third-order valence-electron chi connectivity index (χ3n) is 4.02. The molecule has 0 unspecified atom stereocenters. The van der Waals surface area contributed by atoms with Crippen molar-refractivity contribution >= 4 is 15.9 Å². The van der Waals surface area contributed by atoms with Gasteiger partial charge >= 0.3 is 0 Å². The third-order valence-corrected chi connectivity index (χ3v) is 5.80. The Hall–Kier alpha value is -1.45. The van der Waals surface area contributed by atoms with Crippen LogP contribution in [0.5, 0.6) is 0 Å². The lowest BCUT2D eigenvalue weighted by molar-refractivity contribution is -0.133. The molecule has 2 rings (SSSR count). The van der Waals surface area contributed by atoms with Gasteiger partial charge in [0, 0.05) is 26.2 Å². The van der Waals surface area contributed by atoms with Gasteiger partial charge in [0.15, 0.2) is 0 Å². The molecular weight excluding hydrogens is 320 g/mol. The van der Waals surface area contributed by atoms with Crippen LogP contribution in [-0.2, 0) is 19.6 Å². The van der Waals surface area contributed by atoms with E-state index in [1.807, 2.05) is 0 Å². The van der Waals surface area contributed by atoms with Gasteiger partial charge in [0.25, 0.3) is 0 Å². The van der Waals surface area contributed by atoms with Crippen LogP contribution in [0.3, 0.4) is 0 Å². The topological polar surface area (TPSA) is 104 Å². The van der Waals surface area contributed by atoms with Crippen molar-refractivity contribution in [2.75, 3.05) is 26.8 Å². The molecule has 9 heteroatoms. The Morgan fingerprint density at radius 1 is 1.39 bits per heavy atom. The van der Waals surface area contributed by atoms with E-state index in [0.717, 1.165) is 0 Å². The number of amides is 1. The Morgan fingerprint density at radius 2 is 2.04 bits per heavy atom. The molecule has 2 heterocycles. The molecule has 0 bridgehead atoms. The van der Waals surface area contributed by atoms with Crippen molar-refractivity contribution in [3.8, 4) is 0 Å². The number of aryl methyl sites for hydroxylation is 2. The molecule has 1 aromatic heterocycles. The highest BCUT2D eigenvalue weighted by Gasteiger charge is 2.29. The Labute approximate surface area is 136 Å². The Kier molecular flexibility index (Phi) is 5.77. The summed E-state index contributed by atoms with van der Waals surface area (Å²) in [5, 5.41) is 6.62. The fraction of sp³-hybridized carbons (Fsp3) is 0.714. The molecule has 1 aliphatic rings. The molecule has 0 radical (unpaired) electrons. The molecule has 0 aliphatic carbocycles. The van der Waals surface area contributed by atoms with Gasteiger partial charge in [-0.25, -0.2) is 13.1 Å². The Bertz CT molecular complexity index is 628. The smallest absolute Gasteiger partial charge is 0.244 e. The normalized spacial score (nSPS) is 16.7. The van der Waals surface area contributed by atoms with E-state index in [-0.39, 0.29) is 16.8 Å². The number of ether oxygens (including phenoxy) is 1. The molecule has 2 N–H and O–H groups in total. The lowest BCUT2D eigenvalue weighted by atomic mass is 10.1. The summed E-state index contributed by atoms with van der Waals surface area (Å²) in [4.78, 5) is 13.9. The van der Waals surface area contributed by atoms with Crippen molar-refractivity contribution in [2.24, 2.45) is 0 Å². The van der Waals surface area contributed by atoms with Crippen LogP contribution in [0.1, 0.15) is 30.7 Å². The van der Waals surface area contributed by atoms with Crippen molar-refractivity contribution in [3.05, 3.63) is 11.4 Å². The van der Waals surface area contributed by atoms with E-state index in [4.69, 9.17) is 4.74 Å². The number of H-pyrrole nitrogens is 1. The fourth-order valence-corrected chi connectivity index (χ4v) is 4.48. The molecule has 0 atom stereocenters. The Balaban J connectivity index is 1.93. The van der Waals surface area contributed by atoms with E-state index in [2.05, 4.69) is 14.9 Å². The van der Waals surface area contributed by atoms with Crippen molar-refractivity contribution in [1.82, 2.24) is 19.8 Å². The van der Waals surface area contributed by atoms with Gasteiger partial charge in [-0.05, 0) is 26.7 Å². The van der Waals surface area contributed by atoms with Crippen LogP contribution >= 0.6 is 0 Å². The quantitative estimate of drug-likeness (QED) is 0.774. The van der Waals surface area contributed by atoms with Crippen molar-refractivity contribution in [1.29, 1.82) is 0 Å². The number of nitrogens with zero attached hydrogens (tertiary/aromatic N) is 2. The van der Waals surface area contributed by atoms with E-state index in [0.29, 0.717) is 50.3 Å². The number of nitrogens with one attached hydrogen (secondary N) is 2. The van der Waals surface area contributed by atoms with E-state index >= 15 is 0 Å². The molecule has 0 aromatic carbocycles. The maximum atomic E-state index is 12.5. The number of hydrogen-bond donors (Lipinski definition) is 2. The number of likely N-dealkylation sites (tertiary alicyclic amines) is 1. The van der Waals surface area contributed by atoms with Crippen molar-refractivity contribution in [3.63, 3.8) is 0 Å². The molecule has 1 aliphatic heterocycles. The van der Waals surface area contributed by atoms with Crippen LogP contribution in [-0.4, -0.2) is 62.3 Å². The summed E-state index contributed by atoms with van der Waals surface area (Å²) in [6.45, 7) is 4.86. The number of carbonyl (C=O) groups excluding carboxylic acids is 1. The number of aromatic amines is 1. The SMILES string of the molecule is COCCC(=O)N1CCC(NS(=O)(=O)c2c(C)n[nH]c2C)CC1. The highest BCUT2D eigenvalue weighted by Crippen LogP contribution is 2.19. The number of carbonyl (C=O) groups is 1. The van der Waals surface area contributed by atoms with E-state index < -0.39 is 10.0 Å². The van der Waals surface area contributed by atoms with Crippen LogP contribution in [0.25, 0.3) is 0 Å². The summed E-state index contributed by atoms with van der Waals surface area (Å²) >= 11 is 0. The van der Waals surface area contributed by atoms with Gasteiger partial charge in [-0.2, -0.15) is 5.10 Å². The predicted molar refractivity (Wildman–Crippen MR) is 84.5 cm³/mol. The Morgan fingerprint density at radius 3 is 2.57 bits per heavy atom. The van der Waals surface area contributed by atoms with Gasteiger partial charge in [-0.1, -0.05) is 0 Å². The number of piperidine rings is 1. The standard InChI is InChI=1S/C14H24N4O4S/c1-10-14(11(2)16-15-10)23(20,21)17-12-4-7-18(8-5-12)13(19)6-9-22-3/h12,17H,4-9H2,1-3H3,(H,15,16). The van der Waals surface area contributed by atoms with Gasteiger partial charge in [-0.15, -0.1) is 0 Å². The minimum atomic E-state index is -3.60.